The quantitative estimate of drug-likeness (QED) is 0.802. The number of hydrogen-bond donors (Lipinski definition) is 2. The molecule has 0 bridgehead atoms. The van der Waals surface area contributed by atoms with Gasteiger partial charge in [-0.3, -0.25) is 4.98 Å². The highest BCUT2D eigenvalue weighted by atomic mass is 32.2. The summed E-state index contributed by atoms with van der Waals surface area (Å²) >= 11 is 0.836. The highest BCUT2D eigenvalue weighted by molar-refractivity contribution is 7.91. The van der Waals surface area contributed by atoms with Gasteiger partial charge in [-0.15, -0.1) is 10.2 Å². The Morgan fingerprint density at radius 1 is 1.28 bits per heavy atom. The van der Waals surface area contributed by atoms with Gasteiger partial charge >= 0.3 is 0 Å². The summed E-state index contributed by atoms with van der Waals surface area (Å²) in [6.07, 6.45) is 3.90. The van der Waals surface area contributed by atoms with Crippen molar-refractivity contribution >= 4 is 26.5 Å². The molecule has 18 heavy (non-hydrogen) atoms. The molecular formula is C9H11N5O2S2. The molecule has 0 saturated heterocycles. The van der Waals surface area contributed by atoms with Gasteiger partial charge in [0.2, 0.25) is 9.47 Å². The van der Waals surface area contributed by atoms with Crippen LogP contribution in [0.2, 0.25) is 0 Å². The van der Waals surface area contributed by atoms with Gasteiger partial charge < -0.3 is 5.73 Å². The smallest absolute Gasteiger partial charge is 0.269 e. The minimum Gasteiger partial charge on any atom is -0.374 e. The highest BCUT2D eigenvalue weighted by Crippen LogP contribution is 2.16. The van der Waals surface area contributed by atoms with E-state index in [2.05, 4.69) is 19.9 Å². The number of anilines is 1. The maximum absolute atomic E-state index is 11.8. The number of nitrogen functional groups attached to an aromatic ring is 1. The average molecular weight is 285 g/mol. The van der Waals surface area contributed by atoms with Crippen LogP contribution in [-0.2, 0) is 16.4 Å². The monoisotopic (exact) mass is 285 g/mol. The van der Waals surface area contributed by atoms with Crippen molar-refractivity contribution in [3.05, 3.63) is 30.1 Å². The van der Waals surface area contributed by atoms with Gasteiger partial charge in [-0.05, 0) is 24.1 Å². The first-order chi connectivity index (χ1) is 8.58. The minimum atomic E-state index is -3.61. The Morgan fingerprint density at radius 2 is 2.00 bits per heavy atom. The molecule has 0 fully saturated rings. The summed E-state index contributed by atoms with van der Waals surface area (Å²) in [4.78, 5) is 3.88. The molecule has 3 N–H and O–H groups in total. The van der Waals surface area contributed by atoms with E-state index in [1.54, 1.807) is 12.4 Å². The van der Waals surface area contributed by atoms with Crippen LogP contribution in [0.15, 0.2) is 28.9 Å². The Bertz CT molecular complexity index is 611. The number of hydrogen-bond acceptors (Lipinski definition) is 7. The van der Waals surface area contributed by atoms with Gasteiger partial charge in [0.1, 0.15) is 0 Å². The van der Waals surface area contributed by atoms with Crippen molar-refractivity contribution in [1.82, 2.24) is 19.9 Å². The summed E-state index contributed by atoms with van der Waals surface area (Å²) in [5.74, 6) is 0. The Balaban J connectivity index is 1.94. The van der Waals surface area contributed by atoms with Crippen LogP contribution in [0, 0.1) is 0 Å². The van der Waals surface area contributed by atoms with Crippen molar-refractivity contribution in [3.63, 3.8) is 0 Å². The van der Waals surface area contributed by atoms with Crippen molar-refractivity contribution in [2.24, 2.45) is 0 Å². The van der Waals surface area contributed by atoms with E-state index in [4.69, 9.17) is 5.73 Å². The van der Waals surface area contributed by atoms with Crippen LogP contribution in [0.3, 0.4) is 0 Å². The van der Waals surface area contributed by atoms with Gasteiger partial charge in [-0.1, -0.05) is 11.3 Å². The maximum atomic E-state index is 11.8. The van der Waals surface area contributed by atoms with Crippen LogP contribution >= 0.6 is 11.3 Å². The summed E-state index contributed by atoms with van der Waals surface area (Å²) in [7, 11) is -3.61. The second-order valence-corrected chi connectivity index (χ2v) is 6.36. The molecule has 2 heterocycles. The molecule has 0 atom stereocenters. The van der Waals surface area contributed by atoms with Gasteiger partial charge in [0.05, 0.1) is 0 Å². The number of pyridine rings is 1. The molecule has 9 heteroatoms. The number of rotatable bonds is 5. The molecule has 0 radical (unpaired) electrons. The number of nitrogens with zero attached hydrogens (tertiary/aromatic N) is 3. The molecule has 0 amide bonds. The first-order valence-electron chi connectivity index (χ1n) is 5.05. The zero-order valence-electron chi connectivity index (χ0n) is 9.28. The third-order valence-electron chi connectivity index (χ3n) is 2.11. The summed E-state index contributed by atoms with van der Waals surface area (Å²) in [5, 5.41) is 7.09. The summed E-state index contributed by atoms with van der Waals surface area (Å²) < 4.78 is 25.9. The number of aromatic nitrogens is 3. The zero-order chi connectivity index (χ0) is 13.0. The van der Waals surface area contributed by atoms with E-state index in [0.717, 1.165) is 16.9 Å². The fourth-order valence-corrected chi connectivity index (χ4v) is 3.13. The van der Waals surface area contributed by atoms with Crippen molar-refractivity contribution in [2.75, 3.05) is 12.3 Å². The Kier molecular flexibility index (Phi) is 3.84. The Hall–Kier alpha value is -1.58. The molecule has 0 aliphatic rings. The Labute approximate surface area is 108 Å². The molecular weight excluding hydrogens is 274 g/mol. The molecule has 7 nitrogen and oxygen atoms in total. The number of nitrogens with two attached hydrogens (primary N) is 1. The second-order valence-electron chi connectivity index (χ2n) is 3.41. The minimum absolute atomic E-state index is 0.116. The predicted molar refractivity (Wildman–Crippen MR) is 67.5 cm³/mol. The van der Waals surface area contributed by atoms with Gasteiger partial charge in [0.25, 0.3) is 10.0 Å². The molecule has 96 valence electrons. The van der Waals surface area contributed by atoms with Crippen LogP contribution in [0.25, 0.3) is 0 Å². The molecule has 0 aliphatic heterocycles. The summed E-state index contributed by atoms with van der Waals surface area (Å²) in [6.45, 7) is 0.284. The SMILES string of the molecule is Nc1nnc(S(=O)(=O)NCCc2ccncc2)s1. The predicted octanol–water partition coefficient (Wildman–Crippen LogP) is 0.0363. The number of nitrogens with one attached hydrogen (secondary N) is 1. The van der Waals surface area contributed by atoms with Gasteiger partial charge in [0.15, 0.2) is 0 Å². The normalized spacial score (nSPS) is 11.6. The van der Waals surface area contributed by atoms with Crippen molar-refractivity contribution in [1.29, 1.82) is 0 Å². The molecule has 0 spiro atoms. The average Bonchev–Trinajstić information content (AvgIpc) is 2.78. The summed E-state index contributed by atoms with van der Waals surface area (Å²) in [6, 6.07) is 3.66. The van der Waals surface area contributed by atoms with Crippen LogP contribution < -0.4 is 10.5 Å². The van der Waals surface area contributed by atoms with E-state index < -0.39 is 10.0 Å². The third kappa shape index (κ3) is 3.22. The zero-order valence-corrected chi connectivity index (χ0v) is 10.9. The third-order valence-corrected chi connectivity index (χ3v) is 4.69. The van der Waals surface area contributed by atoms with Crippen LogP contribution in [0.4, 0.5) is 5.13 Å². The lowest BCUT2D eigenvalue weighted by atomic mass is 10.2. The molecule has 2 aromatic rings. The second kappa shape index (κ2) is 5.38. The first kappa shape index (κ1) is 12.9. The number of sulfonamides is 1. The lowest BCUT2D eigenvalue weighted by Crippen LogP contribution is -2.25. The molecule has 0 unspecified atom stereocenters. The largest absolute Gasteiger partial charge is 0.374 e. The van der Waals surface area contributed by atoms with E-state index >= 15 is 0 Å². The van der Waals surface area contributed by atoms with Crippen molar-refractivity contribution in [2.45, 2.75) is 10.8 Å². The summed E-state index contributed by atoms with van der Waals surface area (Å²) in [5.41, 5.74) is 6.34. The van der Waals surface area contributed by atoms with E-state index in [-0.39, 0.29) is 16.0 Å². The fraction of sp³-hybridized carbons (Fsp3) is 0.222. The molecule has 2 aromatic heterocycles. The van der Waals surface area contributed by atoms with Gasteiger partial charge in [-0.25, -0.2) is 13.1 Å². The van der Waals surface area contributed by atoms with Gasteiger partial charge in [-0.2, -0.15) is 0 Å². The van der Waals surface area contributed by atoms with E-state index in [9.17, 15) is 8.42 Å². The van der Waals surface area contributed by atoms with E-state index in [0.29, 0.717) is 6.42 Å². The lowest BCUT2D eigenvalue weighted by molar-refractivity contribution is 0.579. The Morgan fingerprint density at radius 3 is 2.61 bits per heavy atom. The lowest BCUT2D eigenvalue weighted by Gasteiger charge is -2.03. The molecule has 0 saturated carbocycles. The molecule has 0 aromatic carbocycles. The van der Waals surface area contributed by atoms with Crippen molar-refractivity contribution < 1.29 is 8.42 Å². The van der Waals surface area contributed by atoms with Crippen LogP contribution in [0.5, 0.6) is 0 Å². The highest BCUT2D eigenvalue weighted by Gasteiger charge is 2.18. The maximum Gasteiger partial charge on any atom is 0.269 e. The van der Waals surface area contributed by atoms with Crippen molar-refractivity contribution in [3.8, 4) is 0 Å². The van der Waals surface area contributed by atoms with Crippen LogP contribution in [0.1, 0.15) is 5.56 Å². The van der Waals surface area contributed by atoms with E-state index in [1.165, 1.54) is 0 Å². The van der Waals surface area contributed by atoms with E-state index in [1.807, 2.05) is 12.1 Å². The topological polar surface area (TPSA) is 111 Å². The standard InChI is InChI=1S/C9H11N5O2S2/c10-8-13-14-9(17-8)18(15,16)12-6-3-7-1-4-11-5-2-7/h1-2,4-5,12H,3,6H2,(H2,10,13). The van der Waals surface area contributed by atoms with Gasteiger partial charge in [0, 0.05) is 18.9 Å². The first-order valence-corrected chi connectivity index (χ1v) is 7.35. The molecule has 2 rings (SSSR count). The fourth-order valence-electron chi connectivity index (χ4n) is 1.27. The molecule has 0 aliphatic carbocycles. The van der Waals surface area contributed by atoms with Crippen LogP contribution in [-0.4, -0.2) is 30.1 Å².